The van der Waals surface area contributed by atoms with E-state index in [0.717, 1.165) is 0 Å². The average Bonchev–Trinajstić information content (AvgIpc) is 2.75. The third kappa shape index (κ3) is 5.50. The van der Waals surface area contributed by atoms with Gasteiger partial charge in [-0.3, -0.25) is 0 Å². The summed E-state index contributed by atoms with van der Waals surface area (Å²) in [6.07, 6.45) is 7.31. The van der Waals surface area contributed by atoms with Gasteiger partial charge >= 0.3 is 0 Å². The van der Waals surface area contributed by atoms with Crippen molar-refractivity contribution in [1.29, 1.82) is 0 Å². The minimum absolute atomic E-state index is 0.279. The van der Waals surface area contributed by atoms with E-state index < -0.39 is 6.10 Å². The van der Waals surface area contributed by atoms with E-state index in [1.54, 1.807) is 6.07 Å². The van der Waals surface area contributed by atoms with Crippen LogP contribution in [-0.4, -0.2) is 42.4 Å². The van der Waals surface area contributed by atoms with E-state index in [1.807, 2.05) is 18.2 Å². The van der Waals surface area contributed by atoms with Gasteiger partial charge in [-0.05, 0) is 32.0 Å². The highest BCUT2D eigenvalue weighted by atomic mass is 35.5. The largest absolute Gasteiger partial charge is 0.489 e. The van der Waals surface area contributed by atoms with Crippen LogP contribution in [0.15, 0.2) is 24.3 Å². The van der Waals surface area contributed by atoms with Crippen molar-refractivity contribution in [3.8, 4) is 5.75 Å². The summed E-state index contributed by atoms with van der Waals surface area (Å²) in [6.45, 7) is 0.927. The van der Waals surface area contributed by atoms with E-state index in [-0.39, 0.29) is 6.61 Å². The van der Waals surface area contributed by atoms with Gasteiger partial charge in [0, 0.05) is 12.6 Å². The van der Waals surface area contributed by atoms with Gasteiger partial charge in [-0.1, -0.05) is 49.4 Å². The Morgan fingerprint density at radius 2 is 1.90 bits per heavy atom. The summed E-state index contributed by atoms with van der Waals surface area (Å²) in [5, 5.41) is 10.7. The minimum atomic E-state index is -0.491. The van der Waals surface area contributed by atoms with Crippen molar-refractivity contribution in [1.82, 2.24) is 4.90 Å². The van der Waals surface area contributed by atoms with Gasteiger partial charge in [-0.15, -0.1) is 0 Å². The molecule has 1 unspecified atom stereocenters. The Morgan fingerprint density at radius 3 is 2.57 bits per heavy atom. The highest BCUT2D eigenvalue weighted by molar-refractivity contribution is 6.32. The van der Waals surface area contributed by atoms with Gasteiger partial charge < -0.3 is 14.7 Å². The lowest BCUT2D eigenvalue weighted by molar-refractivity contribution is 0.0603. The number of aliphatic hydroxyl groups is 1. The first-order valence-electron chi connectivity index (χ1n) is 7.92. The Labute approximate surface area is 132 Å². The van der Waals surface area contributed by atoms with Crippen molar-refractivity contribution < 1.29 is 9.84 Å². The number of rotatable bonds is 6. The predicted octanol–water partition coefficient (Wildman–Crippen LogP) is 3.73. The van der Waals surface area contributed by atoms with Crippen LogP contribution in [0, 0.1) is 0 Å². The minimum Gasteiger partial charge on any atom is -0.489 e. The molecule has 21 heavy (non-hydrogen) atoms. The van der Waals surface area contributed by atoms with Crippen molar-refractivity contribution in [2.75, 3.05) is 20.2 Å². The van der Waals surface area contributed by atoms with Crippen LogP contribution in [0.2, 0.25) is 5.02 Å². The number of halogens is 1. The second-order valence-corrected chi connectivity index (χ2v) is 6.39. The van der Waals surface area contributed by atoms with Crippen molar-refractivity contribution in [2.45, 2.75) is 50.7 Å². The van der Waals surface area contributed by atoms with Gasteiger partial charge in [0.1, 0.15) is 18.5 Å². The maximum Gasteiger partial charge on any atom is 0.138 e. The van der Waals surface area contributed by atoms with E-state index in [2.05, 4.69) is 11.9 Å². The maximum atomic E-state index is 10.2. The van der Waals surface area contributed by atoms with E-state index in [1.165, 1.54) is 38.5 Å². The lowest BCUT2D eigenvalue weighted by atomic mass is 10.1. The Hall–Kier alpha value is -0.770. The molecule has 1 saturated carbocycles. The molecule has 0 heterocycles. The summed E-state index contributed by atoms with van der Waals surface area (Å²) in [5.41, 5.74) is 0. The molecule has 0 saturated heterocycles. The second-order valence-electron chi connectivity index (χ2n) is 5.98. The summed E-state index contributed by atoms with van der Waals surface area (Å²) in [7, 11) is 2.11. The zero-order chi connectivity index (χ0) is 15.1. The van der Waals surface area contributed by atoms with Crippen molar-refractivity contribution >= 4 is 11.6 Å². The molecule has 0 spiro atoms. The SMILES string of the molecule is CN(CC(O)COc1ccccc1Cl)C1CCCCCC1. The molecular formula is C17H26ClNO2. The highest BCUT2D eigenvalue weighted by Crippen LogP contribution is 2.24. The van der Waals surface area contributed by atoms with Crippen LogP contribution in [0.1, 0.15) is 38.5 Å². The molecule has 1 fully saturated rings. The summed E-state index contributed by atoms with van der Waals surface area (Å²) >= 11 is 6.04. The first-order valence-corrected chi connectivity index (χ1v) is 8.30. The van der Waals surface area contributed by atoms with Crippen LogP contribution in [-0.2, 0) is 0 Å². The first kappa shape index (κ1) is 16.6. The van der Waals surface area contributed by atoms with Crippen LogP contribution in [0.4, 0.5) is 0 Å². The zero-order valence-electron chi connectivity index (χ0n) is 12.8. The van der Waals surface area contributed by atoms with Gasteiger partial charge in [0.15, 0.2) is 0 Å². The van der Waals surface area contributed by atoms with Crippen LogP contribution >= 0.6 is 11.6 Å². The second kappa shape index (κ2) is 8.62. The van der Waals surface area contributed by atoms with Crippen molar-refractivity contribution in [3.05, 3.63) is 29.3 Å². The Bertz CT molecular complexity index is 419. The number of aliphatic hydroxyl groups excluding tert-OH is 1. The number of hydrogen-bond acceptors (Lipinski definition) is 3. The molecule has 3 nitrogen and oxygen atoms in total. The van der Waals surface area contributed by atoms with Crippen LogP contribution in [0.5, 0.6) is 5.75 Å². The number of benzene rings is 1. The Morgan fingerprint density at radius 1 is 1.24 bits per heavy atom. The standard InChI is InChI=1S/C17H26ClNO2/c1-19(14-8-4-2-3-5-9-14)12-15(20)13-21-17-11-7-6-10-16(17)18/h6-7,10-11,14-15,20H,2-5,8-9,12-13H2,1H3. The molecule has 0 radical (unpaired) electrons. The van der Waals surface area contributed by atoms with Crippen LogP contribution in [0.3, 0.4) is 0 Å². The highest BCUT2D eigenvalue weighted by Gasteiger charge is 2.19. The van der Waals surface area contributed by atoms with Crippen molar-refractivity contribution in [3.63, 3.8) is 0 Å². The molecule has 0 amide bonds. The summed E-state index contributed by atoms with van der Waals surface area (Å²) in [4.78, 5) is 2.28. The van der Waals surface area contributed by atoms with E-state index in [0.29, 0.717) is 23.4 Å². The van der Waals surface area contributed by atoms with Crippen LogP contribution < -0.4 is 4.74 Å². The molecule has 0 aliphatic heterocycles. The molecule has 1 atom stereocenters. The zero-order valence-corrected chi connectivity index (χ0v) is 13.6. The molecule has 0 aromatic heterocycles. The summed E-state index contributed by atoms with van der Waals surface area (Å²) in [5.74, 6) is 0.635. The molecule has 2 rings (SSSR count). The quantitative estimate of drug-likeness (QED) is 0.812. The van der Waals surface area contributed by atoms with Crippen molar-refractivity contribution in [2.24, 2.45) is 0 Å². The lowest BCUT2D eigenvalue weighted by Gasteiger charge is -2.29. The van der Waals surface area contributed by atoms with Gasteiger partial charge in [0.2, 0.25) is 0 Å². The fraction of sp³-hybridized carbons (Fsp3) is 0.647. The predicted molar refractivity (Wildman–Crippen MR) is 87.1 cm³/mol. The summed E-state index contributed by atoms with van der Waals surface area (Å²) in [6, 6.07) is 7.96. The lowest BCUT2D eigenvalue weighted by Crippen LogP contribution is -2.39. The van der Waals surface area contributed by atoms with E-state index in [9.17, 15) is 5.11 Å². The Kier molecular flexibility index (Phi) is 6.81. The molecule has 4 heteroatoms. The molecule has 1 aromatic carbocycles. The number of para-hydroxylation sites is 1. The molecule has 1 aliphatic rings. The van der Waals surface area contributed by atoms with Gasteiger partial charge in [0.25, 0.3) is 0 Å². The maximum absolute atomic E-state index is 10.2. The smallest absolute Gasteiger partial charge is 0.138 e. The fourth-order valence-corrected chi connectivity index (χ4v) is 3.17. The molecule has 1 aliphatic carbocycles. The molecule has 1 aromatic rings. The van der Waals surface area contributed by atoms with Crippen LogP contribution in [0.25, 0.3) is 0 Å². The van der Waals surface area contributed by atoms with E-state index in [4.69, 9.17) is 16.3 Å². The number of likely N-dealkylation sites (N-methyl/N-ethyl adjacent to an activating group) is 1. The monoisotopic (exact) mass is 311 g/mol. The normalized spacial score (nSPS) is 18.5. The van der Waals surface area contributed by atoms with Gasteiger partial charge in [-0.25, -0.2) is 0 Å². The topological polar surface area (TPSA) is 32.7 Å². The molecule has 118 valence electrons. The molecular weight excluding hydrogens is 286 g/mol. The fourth-order valence-electron chi connectivity index (χ4n) is 2.98. The van der Waals surface area contributed by atoms with Gasteiger partial charge in [0.05, 0.1) is 5.02 Å². The third-order valence-electron chi connectivity index (χ3n) is 4.21. The molecule has 1 N–H and O–H groups in total. The first-order chi connectivity index (χ1) is 10.2. The van der Waals surface area contributed by atoms with Gasteiger partial charge in [-0.2, -0.15) is 0 Å². The number of nitrogens with zero attached hydrogens (tertiary/aromatic N) is 1. The number of hydrogen-bond donors (Lipinski definition) is 1. The average molecular weight is 312 g/mol. The Balaban J connectivity index is 1.75. The molecule has 0 bridgehead atoms. The van der Waals surface area contributed by atoms with E-state index >= 15 is 0 Å². The summed E-state index contributed by atoms with van der Waals surface area (Å²) < 4.78 is 5.60. The third-order valence-corrected chi connectivity index (χ3v) is 4.53. The number of ether oxygens (including phenoxy) is 1.